The van der Waals surface area contributed by atoms with Gasteiger partial charge in [0.2, 0.25) is 0 Å². The van der Waals surface area contributed by atoms with Crippen molar-refractivity contribution in [3.63, 3.8) is 0 Å². The molecule has 0 bridgehead atoms. The maximum Gasteiger partial charge on any atom is 0.340 e. The van der Waals surface area contributed by atoms with E-state index in [1.165, 1.54) is 0 Å². The van der Waals surface area contributed by atoms with Crippen molar-refractivity contribution in [2.75, 3.05) is 25.5 Å². The van der Waals surface area contributed by atoms with Crippen LogP contribution in [0.2, 0.25) is 0 Å². The van der Waals surface area contributed by atoms with Crippen molar-refractivity contribution in [3.8, 4) is 0 Å². The average molecular weight is 203 g/mol. The Kier molecular flexibility index (Phi) is 2.09. The normalized spacial score (nSPS) is 43.4. The van der Waals surface area contributed by atoms with Crippen LogP contribution < -0.4 is 10.2 Å². The van der Waals surface area contributed by atoms with Gasteiger partial charge in [0, 0.05) is 21.7 Å². The molecule has 2 N–H and O–H groups in total. The van der Waals surface area contributed by atoms with Gasteiger partial charge in [-0.05, 0) is 6.42 Å². The first kappa shape index (κ1) is 5.20. The van der Waals surface area contributed by atoms with Crippen molar-refractivity contribution in [2.24, 2.45) is 0 Å². The maximum atomic E-state index is 11.8. The molecule has 0 aromatic heterocycles. The van der Waals surface area contributed by atoms with E-state index in [1.54, 1.807) is 0 Å². The topological polar surface area (TPSA) is 50.4 Å². The van der Waals surface area contributed by atoms with Crippen LogP contribution in [-0.4, -0.2) is 25.5 Å². The highest BCUT2D eigenvalue weighted by molar-refractivity contribution is 7.54. The van der Waals surface area contributed by atoms with E-state index in [-0.39, 0.29) is 13.0 Å². The van der Waals surface area contributed by atoms with Gasteiger partial charge in [-0.15, -0.1) is 11.6 Å². The van der Waals surface area contributed by atoms with Crippen molar-refractivity contribution in [3.05, 3.63) is 0 Å². The molecular weight excluding hydrogens is 186 g/mol. The molecule has 0 saturated carbocycles. The highest BCUT2D eigenvalue weighted by Gasteiger charge is 2.24. The molecule has 0 aromatic rings. The highest BCUT2D eigenvalue weighted by atomic mass is 35.5. The molecule has 0 aromatic carbocycles. The van der Waals surface area contributed by atoms with E-state index in [0.29, 0.717) is 0 Å². The third-order valence-electron chi connectivity index (χ3n) is 1.09. The number of hydrogen-bond donors (Lipinski definition) is 2. The fourth-order valence-corrected chi connectivity index (χ4v) is 2.01. The van der Waals surface area contributed by atoms with Gasteiger partial charge in [-0.25, -0.2) is 10.2 Å². The summed E-state index contributed by atoms with van der Waals surface area (Å²) in [7, 11) is -3.53. The smallest absolute Gasteiger partial charge is 0.306 e. The summed E-state index contributed by atoms with van der Waals surface area (Å²) in [6.45, 7) is -2.16. The van der Waals surface area contributed by atoms with Gasteiger partial charge in [0.05, 0.1) is 9.30 Å². The maximum absolute atomic E-state index is 11.8. The summed E-state index contributed by atoms with van der Waals surface area (Å²) in [4.78, 5) is 0. The zero-order valence-electron chi connectivity index (χ0n) is 9.76. The van der Waals surface area contributed by atoms with Gasteiger partial charge in [0.25, 0.3) is 0 Å². The Labute approximate surface area is 76.8 Å². The monoisotopic (exact) mass is 202 g/mol. The van der Waals surface area contributed by atoms with Crippen LogP contribution in [0.4, 0.5) is 0 Å². The first-order chi connectivity index (χ1) is 6.62. The summed E-state index contributed by atoms with van der Waals surface area (Å²) in [6.07, 6.45) is 0.0897. The molecule has 0 amide bonds. The van der Waals surface area contributed by atoms with Gasteiger partial charge in [-0.1, -0.05) is 0 Å². The van der Waals surface area contributed by atoms with E-state index in [1.807, 2.05) is 0 Å². The molecule has 0 radical (unpaired) electrons. The predicted octanol–water partition coefficient (Wildman–Crippen LogP) is 0.933. The third-order valence-corrected chi connectivity index (χ3v) is 2.83. The Morgan fingerprint density at radius 2 is 2.82 bits per heavy atom. The van der Waals surface area contributed by atoms with Crippen LogP contribution in [0.15, 0.2) is 0 Å². The zero-order chi connectivity index (χ0) is 11.7. The number of hydrogen-bond acceptors (Lipinski definition) is 2. The van der Waals surface area contributed by atoms with Crippen LogP contribution in [-0.2, 0) is 9.09 Å². The zero-order valence-corrected chi connectivity index (χ0v) is 7.41. The van der Waals surface area contributed by atoms with E-state index in [0.717, 1.165) is 0 Å². The number of alkyl halides is 1. The molecule has 1 saturated heterocycles. The molecule has 1 fully saturated rings. The summed E-state index contributed by atoms with van der Waals surface area (Å²) in [5.74, 6) is -2.05. The van der Waals surface area contributed by atoms with Crippen molar-refractivity contribution < 1.29 is 14.6 Å². The molecule has 66 valence electrons. The van der Waals surface area contributed by atoms with Gasteiger partial charge in [0.15, 0.2) is 0 Å². The lowest BCUT2D eigenvalue weighted by Gasteiger charge is -2.24. The van der Waals surface area contributed by atoms with Crippen LogP contribution in [0, 0.1) is 0 Å². The lowest BCUT2D eigenvalue weighted by molar-refractivity contribution is 0.270. The molecule has 4 nitrogen and oxygen atoms in total. The standard InChI is InChI=1S/C5H12ClN2O2P/c6-2-4-8-11(9)7-3-1-5-10-11/h1-5H2,(H2,7,8,9)/t11-/m1/s1/i2D2,5D2. The van der Waals surface area contributed by atoms with Crippen molar-refractivity contribution in [2.45, 2.75) is 6.42 Å². The second-order valence-corrected chi connectivity index (χ2v) is 4.10. The van der Waals surface area contributed by atoms with E-state index >= 15 is 0 Å². The minimum Gasteiger partial charge on any atom is -0.306 e. The van der Waals surface area contributed by atoms with Crippen LogP contribution in [0.5, 0.6) is 0 Å². The molecule has 0 aliphatic carbocycles. The van der Waals surface area contributed by atoms with Gasteiger partial charge in [0.1, 0.15) is 0 Å². The molecule has 1 aliphatic heterocycles. The van der Waals surface area contributed by atoms with E-state index < -0.39 is 26.6 Å². The molecule has 0 unspecified atom stereocenters. The van der Waals surface area contributed by atoms with Crippen molar-refractivity contribution in [1.82, 2.24) is 10.2 Å². The summed E-state index contributed by atoms with van der Waals surface area (Å²) in [5.41, 5.74) is 0. The van der Waals surface area contributed by atoms with Crippen molar-refractivity contribution >= 4 is 19.3 Å². The Balaban J connectivity index is 2.56. The molecule has 1 atom stereocenters. The Morgan fingerprint density at radius 1 is 2.00 bits per heavy atom. The fraction of sp³-hybridized carbons (Fsp3) is 1.00. The minimum atomic E-state index is -3.53. The van der Waals surface area contributed by atoms with Crippen molar-refractivity contribution in [1.29, 1.82) is 0 Å². The second-order valence-electron chi connectivity index (χ2n) is 1.91. The van der Waals surface area contributed by atoms with Crippen LogP contribution >= 0.6 is 19.3 Å². The second kappa shape index (κ2) is 4.43. The number of nitrogens with one attached hydrogen (secondary N) is 2. The molecule has 1 rings (SSSR count). The van der Waals surface area contributed by atoms with E-state index in [9.17, 15) is 4.57 Å². The van der Waals surface area contributed by atoms with Crippen LogP contribution in [0.3, 0.4) is 0 Å². The minimum absolute atomic E-state index is 0.0897. The molecule has 6 heteroatoms. The Morgan fingerprint density at radius 3 is 3.45 bits per heavy atom. The Hall–Kier alpha value is 0.400. The molecule has 1 heterocycles. The lowest BCUT2D eigenvalue weighted by atomic mass is 10.5. The van der Waals surface area contributed by atoms with Crippen LogP contribution in [0.1, 0.15) is 11.9 Å². The average Bonchev–Trinajstić information content (AvgIpc) is 1.97. The molecule has 11 heavy (non-hydrogen) atoms. The van der Waals surface area contributed by atoms with Crippen LogP contribution in [0.25, 0.3) is 0 Å². The predicted molar refractivity (Wildman–Crippen MR) is 44.9 cm³/mol. The largest absolute Gasteiger partial charge is 0.340 e. The van der Waals surface area contributed by atoms with E-state index in [2.05, 4.69) is 10.2 Å². The van der Waals surface area contributed by atoms with Gasteiger partial charge in [-0.3, -0.25) is 4.57 Å². The molecular formula is C5H12ClN2O2P. The fourth-order valence-electron chi connectivity index (χ4n) is 0.645. The summed E-state index contributed by atoms with van der Waals surface area (Å²) in [5, 5.41) is 4.75. The summed E-state index contributed by atoms with van der Waals surface area (Å²) >= 11 is 5.26. The summed E-state index contributed by atoms with van der Waals surface area (Å²) in [6, 6.07) is 0. The van der Waals surface area contributed by atoms with E-state index in [4.69, 9.17) is 21.6 Å². The van der Waals surface area contributed by atoms with Gasteiger partial charge in [-0.2, -0.15) is 0 Å². The first-order valence-corrected chi connectivity index (χ1v) is 5.12. The first-order valence-electron chi connectivity index (χ1n) is 5.12. The van der Waals surface area contributed by atoms with Gasteiger partial charge < -0.3 is 4.52 Å². The number of halogens is 1. The highest BCUT2D eigenvalue weighted by Crippen LogP contribution is 2.39. The molecule has 1 aliphatic rings. The quantitative estimate of drug-likeness (QED) is 0.528. The SMILES string of the molecule is [2H]C([2H])(Cl)CN[P@@]1(=O)NCCC([2H])([2H])O1. The Bertz CT molecular complexity index is 285. The lowest BCUT2D eigenvalue weighted by Crippen LogP contribution is -2.30. The van der Waals surface area contributed by atoms with Gasteiger partial charge >= 0.3 is 7.67 Å². The number of rotatable bonds is 3. The molecule has 0 spiro atoms. The third kappa shape index (κ3) is 3.09. The summed E-state index contributed by atoms with van der Waals surface area (Å²) < 4.78 is 45.1.